The average Bonchev–Trinajstić information content (AvgIpc) is 3.21. The highest BCUT2D eigenvalue weighted by Gasteiger charge is 2.51. The zero-order chi connectivity index (χ0) is 12.6. The van der Waals surface area contributed by atoms with Crippen LogP contribution in [-0.4, -0.2) is 37.4 Å². The fourth-order valence-electron chi connectivity index (χ4n) is 2.57. The van der Waals surface area contributed by atoms with Crippen LogP contribution in [0.15, 0.2) is 24.3 Å². The van der Waals surface area contributed by atoms with E-state index in [1.165, 1.54) is 0 Å². The van der Waals surface area contributed by atoms with Crippen molar-refractivity contribution >= 4 is 11.7 Å². The van der Waals surface area contributed by atoms with Crippen molar-refractivity contribution < 1.29 is 14.6 Å². The number of carbonyl (C=O) groups is 1. The quantitative estimate of drug-likeness (QED) is 0.882. The molecule has 2 aliphatic rings. The lowest BCUT2D eigenvalue weighted by atomic mass is 9.95. The summed E-state index contributed by atoms with van der Waals surface area (Å²) in [5.74, 6) is -0.693. The monoisotopic (exact) mass is 247 g/mol. The van der Waals surface area contributed by atoms with E-state index in [4.69, 9.17) is 4.74 Å². The molecule has 0 radical (unpaired) electrons. The lowest BCUT2D eigenvalue weighted by Gasteiger charge is -2.29. The minimum absolute atomic E-state index is 0.609. The second-order valence-corrected chi connectivity index (χ2v) is 5.04. The minimum Gasteiger partial charge on any atom is -0.481 e. The molecule has 1 aromatic rings. The van der Waals surface area contributed by atoms with Crippen LogP contribution in [0, 0.1) is 0 Å². The zero-order valence-corrected chi connectivity index (χ0v) is 10.3. The van der Waals surface area contributed by atoms with E-state index >= 15 is 0 Å². The van der Waals surface area contributed by atoms with E-state index in [0.29, 0.717) is 0 Å². The summed E-state index contributed by atoms with van der Waals surface area (Å²) in [7, 11) is 0. The molecular weight excluding hydrogens is 230 g/mol. The summed E-state index contributed by atoms with van der Waals surface area (Å²) >= 11 is 0. The molecule has 1 aliphatic carbocycles. The Morgan fingerprint density at radius 3 is 2.61 bits per heavy atom. The Morgan fingerprint density at radius 1 is 1.28 bits per heavy atom. The molecule has 0 bridgehead atoms. The average molecular weight is 247 g/mol. The Hall–Kier alpha value is -1.55. The van der Waals surface area contributed by atoms with Gasteiger partial charge < -0.3 is 14.7 Å². The summed E-state index contributed by atoms with van der Waals surface area (Å²) in [6.45, 7) is 3.25. The van der Waals surface area contributed by atoms with E-state index in [9.17, 15) is 9.90 Å². The molecule has 3 rings (SSSR count). The van der Waals surface area contributed by atoms with Gasteiger partial charge in [0.05, 0.1) is 18.6 Å². The van der Waals surface area contributed by atoms with Gasteiger partial charge in [-0.3, -0.25) is 4.79 Å². The standard InChI is InChI=1S/C14H17NO3/c16-13(17)14(4-5-14)11-2-1-3-12(10-11)15-6-8-18-9-7-15/h1-3,10H,4-9H2,(H,16,17). The minimum atomic E-state index is -0.693. The molecule has 4 nitrogen and oxygen atoms in total. The van der Waals surface area contributed by atoms with Crippen molar-refractivity contribution in [1.29, 1.82) is 0 Å². The third-order valence-electron chi connectivity index (χ3n) is 3.93. The van der Waals surface area contributed by atoms with Crippen molar-refractivity contribution in [2.75, 3.05) is 31.2 Å². The van der Waals surface area contributed by atoms with Gasteiger partial charge in [0.15, 0.2) is 0 Å². The van der Waals surface area contributed by atoms with Crippen LogP contribution in [0.3, 0.4) is 0 Å². The molecule has 96 valence electrons. The molecule has 4 heteroatoms. The molecular formula is C14H17NO3. The van der Waals surface area contributed by atoms with Crippen molar-refractivity contribution in [3.05, 3.63) is 29.8 Å². The van der Waals surface area contributed by atoms with Crippen molar-refractivity contribution in [1.82, 2.24) is 0 Å². The largest absolute Gasteiger partial charge is 0.481 e. The van der Waals surface area contributed by atoms with Crippen molar-refractivity contribution in [3.8, 4) is 0 Å². The number of anilines is 1. The van der Waals surface area contributed by atoms with E-state index < -0.39 is 11.4 Å². The van der Waals surface area contributed by atoms with E-state index in [-0.39, 0.29) is 0 Å². The topological polar surface area (TPSA) is 49.8 Å². The predicted molar refractivity (Wildman–Crippen MR) is 68.0 cm³/mol. The Kier molecular flexibility index (Phi) is 2.74. The van der Waals surface area contributed by atoms with Gasteiger partial charge in [0.25, 0.3) is 0 Å². The maximum absolute atomic E-state index is 11.3. The summed E-state index contributed by atoms with van der Waals surface area (Å²) in [6.07, 6.45) is 1.52. The molecule has 2 fully saturated rings. The number of hydrogen-bond acceptors (Lipinski definition) is 3. The van der Waals surface area contributed by atoms with E-state index in [2.05, 4.69) is 4.90 Å². The van der Waals surface area contributed by atoms with Crippen LogP contribution >= 0.6 is 0 Å². The molecule has 1 saturated carbocycles. The SMILES string of the molecule is O=C(O)C1(c2cccc(N3CCOCC3)c2)CC1. The van der Waals surface area contributed by atoms with Gasteiger partial charge in [-0.1, -0.05) is 12.1 Å². The summed E-state index contributed by atoms with van der Waals surface area (Å²) < 4.78 is 5.33. The van der Waals surface area contributed by atoms with Gasteiger partial charge in [0, 0.05) is 18.8 Å². The van der Waals surface area contributed by atoms with Gasteiger partial charge in [0.2, 0.25) is 0 Å². The first-order chi connectivity index (χ1) is 8.72. The molecule has 1 aromatic carbocycles. The van der Waals surface area contributed by atoms with E-state index in [1.807, 2.05) is 24.3 Å². The maximum Gasteiger partial charge on any atom is 0.314 e. The first-order valence-electron chi connectivity index (χ1n) is 6.39. The number of nitrogens with zero attached hydrogens (tertiary/aromatic N) is 1. The fourth-order valence-corrected chi connectivity index (χ4v) is 2.57. The van der Waals surface area contributed by atoms with Crippen LogP contribution in [0.1, 0.15) is 18.4 Å². The molecule has 1 aliphatic heterocycles. The molecule has 1 saturated heterocycles. The molecule has 1 N–H and O–H groups in total. The Labute approximate surface area is 106 Å². The third-order valence-corrected chi connectivity index (χ3v) is 3.93. The molecule has 1 heterocycles. The molecule has 0 spiro atoms. The summed E-state index contributed by atoms with van der Waals surface area (Å²) in [5.41, 5.74) is 1.45. The highest BCUT2D eigenvalue weighted by molar-refractivity contribution is 5.85. The van der Waals surface area contributed by atoms with Gasteiger partial charge in [-0.2, -0.15) is 0 Å². The maximum atomic E-state index is 11.3. The van der Waals surface area contributed by atoms with Gasteiger partial charge in [-0.25, -0.2) is 0 Å². The van der Waals surface area contributed by atoms with Crippen molar-refractivity contribution in [2.24, 2.45) is 0 Å². The first kappa shape index (κ1) is 11.5. The number of ether oxygens (including phenoxy) is 1. The predicted octanol–water partition coefficient (Wildman–Crippen LogP) is 1.64. The zero-order valence-electron chi connectivity index (χ0n) is 10.3. The van der Waals surface area contributed by atoms with Crippen LogP contribution in [0.2, 0.25) is 0 Å². The molecule has 0 amide bonds. The number of rotatable bonds is 3. The Bertz CT molecular complexity index is 462. The normalized spacial score (nSPS) is 21.7. The number of aliphatic carboxylic acids is 1. The number of hydrogen-bond donors (Lipinski definition) is 1. The second-order valence-electron chi connectivity index (χ2n) is 5.04. The lowest BCUT2D eigenvalue weighted by molar-refractivity contribution is -0.140. The Balaban J connectivity index is 1.87. The molecule has 0 aromatic heterocycles. The number of benzene rings is 1. The lowest BCUT2D eigenvalue weighted by Crippen LogP contribution is -2.36. The number of morpholine rings is 1. The summed E-state index contributed by atoms with van der Waals surface area (Å²) in [6, 6.07) is 7.98. The first-order valence-corrected chi connectivity index (χ1v) is 6.39. The van der Waals surface area contributed by atoms with Gasteiger partial charge >= 0.3 is 5.97 Å². The van der Waals surface area contributed by atoms with Crippen LogP contribution in [0.25, 0.3) is 0 Å². The van der Waals surface area contributed by atoms with Crippen molar-refractivity contribution in [2.45, 2.75) is 18.3 Å². The van der Waals surface area contributed by atoms with Crippen LogP contribution in [-0.2, 0) is 14.9 Å². The Morgan fingerprint density at radius 2 is 2.00 bits per heavy atom. The van der Waals surface area contributed by atoms with Gasteiger partial charge in [-0.05, 0) is 30.5 Å². The fraction of sp³-hybridized carbons (Fsp3) is 0.500. The third kappa shape index (κ3) is 1.86. The highest BCUT2D eigenvalue weighted by Crippen LogP contribution is 2.49. The number of carboxylic acid groups (broad SMARTS) is 1. The van der Waals surface area contributed by atoms with Crippen LogP contribution in [0.5, 0.6) is 0 Å². The van der Waals surface area contributed by atoms with Crippen LogP contribution < -0.4 is 4.90 Å². The summed E-state index contributed by atoms with van der Waals surface area (Å²) in [5, 5.41) is 9.32. The smallest absolute Gasteiger partial charge is 0.314 e. The molecule has 0 atom stereocenters. The van der Waals surface area contributed by atoms with E-state index in [0.717, 1.165) is 50.4 Å². The highest BCUT2D eigenvalue weighted by atomic mass is 16.5. The van der Waals surface area contributed by atoms with Gasteiger partial charge in [0.1, 0.15) is 0 Å². The summed E-state index contributed by atoms with van der Waals surface area (Å²) in [4.78, 5) is 13.6. The number of carboxylic acids is 1. The molecule has 0 unspecified atom stereocenters. The van der Waals surface area contributed by atoms with Crippen molar-refractivity contribution in [3.63, 3.8) is 0 Å². The second kappa shape index (κ2) is 4.28. The van der Waals surface area contributed by atoms with Crippen LogP contribution in [0.4, 0.5) is 5.69 Å². The molecule has 18 heavy (non-hydrogen) atoms. The van der Waals surface area contributed by atoms with E-state index in [1.54, 1.807) is 0 Å². The van der Waals surface area contributed by atoms with Gasteiger partial charge in [-0.15, -0.1) is 0 Å².